The molecule has 1 aromatic rings. The minimum atomic E-state index is -0.332. The molecule has 1 amide bonds. The normalized spacial score (nSPS) is 20.6. The predicted molar refractivity (Wildman–Crippen MR) is 65.6 cm³/mol. The van der Waals surface area contributed by atoms with Crippen molar-refractivity contribution in [2.45, 2.75) is 26.3 Å². The number of carbonyl (C=O) groups is 1. The van der Waals surface area contributed by atoms with Crippen LogP contribution in [-0.2, 0) is 11.2 Å². The summed E-state index contributed by atoms with van der Waals surface area (Å²) in [6.45, 7) is 5.84. The molecule has 1 unspecified atom stereocenters. The molecule has 0 saturated heterocycles. The number of furan rings is 1. The van der Waals surface area contributed by atoms with Gasteiger partial charge >= 0.3 is 0 Å². The summed E-state index contributed by atoms with van der Waals surface area (Å²) in [4.78, 5) is 14.3. The van der Waals surface area contributed by atoms with Gasteiger partial charge in [0.1, 0.15) is 11.8 Å². The Balaban J connectivity index is 2.25. The Morgan fingerprint density at radius 2 is 2.35 bits per heavy atom. The van der Waals surface area contributed by atoms with Gasteiger partial charge in [0.05, 0.1) is 6.26 Å². The minimum absolute atomic E-state index is 0.120. The smallest absolute Gasteiger partial charge is 0.247 e. The van der Waals surface area contributed by atoms with E-state index in [0.29, 0.717) is 5.92 Å². The van der Waals surface area contributed by atoms with Gasteiger partial charge in [0.2, 0.25) is 5.91 Å². The summed E-state index contributed by atoms with van der Waals surface area (Å²) in [7, 11) is 1.80. The first-order valence-electron chi connectivity index (χ1n) is 6.15. The maximum Gasteiger partial charge on any atom is 0.247 e. The van der Waals surface area contributed by atoms with Gasteiger partial charge in [-0.25, -0.2) is 0 Å². The first kappa shape index (κ1) is 12.2. The summed E-state index contributed by atoms with van der Waals surface area (Å²) in [6.07, 6.45) is 2.54. The van der Waals surface area contributed by atoms with E-state index < -0.39 is 0 Å². The second-order valence-electron chi connectivity index (χ2n) is 4.96. The highest BCUT2D eigenvalue weighted by Gasteiger charge is 2.32. The van der Waals surface area contributed by atoms with E-state index in [0.717, 1.165) is 30.8 Å². The molecule has 2 heterocycles. The van der Waals surface area contributed by atoms with Gasteiger partial charge in [0, 0.05) is 13.1 Å². The van der Waals surface area contributed by atoms with Gasteiger partial charge in [-0.2, -0.15) is 0 Å². The molecule has 1 aliphatic heterocycles. The SMILES string of the molecule is CNC1C(=O)N(CC(C)C)CCc2ccoc21. The van der Waals surface area contributed by atoms with Gasteiger partial charge < -0.3 is 14.6 Å². The van der Waals surface area contributed by atoms with Crippen molar-refractivity contribution in [2.75, 3.05) is 20.1 Å². The molecule has 0 bridgehead atoms. The Hall–Kier alpha value is -1.29. The Morgan fingerprint density at radius 3 is 3.00 bits per heavy atom. The van der Waals surface area contributed by atoms with Gasteiger partial charge in [-0.05, 0) is 31.0 Å². The van der Waals surface area contributed by atoms with Crippen LogP contribution < -0.4 is 5.32 Å². The third-order valence-electron chi connectivity index (χ3n) is 3.13. The van der Waals surface area contributed by atoms with Crippen molar-refractivity contribution in [3.05, 3.63) is 23.7 Å². The van der Waals surface area contributed by atoms with E-state index in [2.05, 4.69) is 19.2 Å². The second kappa shape index (κ2) is 4.92. The van der Waals surface area contributed by atoms with Gasteiger partial charge in [-0.15, -0.1) is 0 Å². The molecule has 94 valence electrons. The van der Waals surface area contributed by atoms with Crippen LogP contribution in [0.5, 0.6) is 0 Å². The number of carbonyl (C=O) groups excluding carboxylic acids is 1. The second-order valence-corrected chi connectivity index (χ2v) is 4.96. The van der Waals surface area contributed by atoms with E-state index in [9.17, 15) is 4.79 Å². The van der Waals surface area contributed by atoms with Crippen molar-refractivity contribution in [3.63, 3.8) is 0 Å². The van der Waals surface area contributed by atoms with Crippen LogP contribution in [0.25, 0.3) is 0 Å². The fraction of sp³-hybridized carbons (Fsp3) is 0.615. The van der Waals surface area contributed by atoms with Crippen molar-refractivity contribution in [2.24, 2.45) is 5.92 Å². The first-order chi connectivity index (χ1) is 8.13. The van der Waals surface area contributed by atoms with Crippen LogP contribution in [-0.4, -0.2) is 30.9 Å². The zero-order valence-corrected chi connectivity index (χ0v) is 10.7. The molecule has 0 aliphatic carbocycles. The molecule has 1 N–H and O–H groups in total. The molecule has 1 aromatic heterocycles. The summed E-state index contributed by atoms with van der Waals surface area (Å²) >= 11 is 0. The Kier molecular flexibility index (Phi) is 3.52. The van der Waals surface area contributed by atoms with Crippen molar-refractivity contribution in [1.29, 1.82) is 0 Å². The lowest BCUT2D eigenvalue weighted by molar-refractivity contribution is -0.134. The summed E-state index contributed by atoms with van der Waals surface area (Å²) in [5, 5.41) is 3.05. The van der Waals surface area contributed by atoms with Crippen LogP contribution in [0.2, 0.25) is 0 Å². The van der Waals surface area contributed by atoms with Crippen LogP contribution in [0.15, 0.2) is 16.7 Å². The molecule has 0 spiro atoms. The van der Waals surface area contributed by atoms with Crippen LogP contribution in [0.1, 0.15) is 31.2 Å². The highest BCUT2D eigenvalue weighted by molar-refractivity contribution is 5.83. The zero-order chi connectivity index (χ0) is 12.4. The third kappa shape index (κ3) is 2.36. The molecular weight excluding hydrogens is 216 g/mol. The lowest BCUT2D eigenvalue weighted by Gasteiger charge is -2.25. The summed E-state index contributed by atoms with van der Waals surface area (Å²) < 4.78 is 5.45. The third-order valence-corrected chi connectivity index (χ3v) is 3.13. The monoisotopic (exact) mass is 236 g/mol. The van der Waals surface area contributed by atoms with Crippen molar-refractivity contribution < 1.29 is 9.21 Å². The summed E-state index contributed by atoms with van der Waals surface area (Å²) in [5.41, 5.74) is 1.14. The molecule has 0 saturated carbocycles. The molecule has 0 fully saturated rings. The molecule has 4 nitrogen and oxygen atoms in total. The number of fused-ring (bicyclic) bond motifs is 1. The molecule has 4 heteroatoms. The average Bonchev–Trinajstić information content (AvgIpc) is 2.68. The quantitative estimate of drug-likeness (QED) is 0.866. The van der Waals surface area contributed by atoms with Crippen LogP contribution in [0.4, 0.5) is 0 Å². The fourth-order valence-electron chi connectivity index (χ4n) is 2.34. The highest BCUT2D eigenvalue weighted by Crippen LogP contribution is 2.25. The van der Waals surface area contributed by atoms with E-state index in [-0.39, 0.29) is 11.9 Å². The Bertz CT molecular complexity index is 398. The number of hydrogen-bond acceptors (Lipinski definition) is 3. The van der Waals surface area contributed by atoms with Crippen LogP contribution >= 0.6 is 0 Å². The van der Waals surface area contributed by atoms with Crippen LogP contribution in [0, 0.1) is 5.92 Å². The largest absolute Gasteiger partial charge is 0.467 e. The zero-order valence-electron chi connectivity index (χ0n) is 10.7. The minimum Gasteiger partial charge on any atom is -0.467 e. The summed E-state index contributed by atoms with van der Waals surface area (Å²) in [6, 6.07) is 1.63. The lowest BCUT2D eigenvalue weighted by Crippen LogP contribution is -2.40. The maximum atomic E-state index is 12.4. The molecule has 2 rings (SSSR count). The van der Waals surface area contributed by atoms with Crippen molar-refractivity contribution in [1.82, 2.24) is 10.2 Å². The number of nitrogens with zero attached hydrogens (tertiary/aromatic N) is 1. The van der Waals surface area contributed by atoms with Gasteiger partial charge in [-0.3, -0.25) is 4.79 Å². The number of likely N-dealkylation sites (N-methyl/N-ethyl adjacent to an activating group) is 1. The summed E-state index contributed by atoms with van der Waals surface area (Å²) in [5.74, 6) is 1.39. The molecule has 17 heavy (non-hydrogen) atoms. The fourth-order valence-corrected chi connectivity index (χ4v) is 2.34. The van der Waals surface area contributed by atoms with E-state index in [1.807, 2.05) is 11.0 Å². The number of nitrogens with one attached hydrogen (secondary N) is 1. The van der Waals surface area contributed by atoms with E-state index in [4.69, 9.17) is 4.42 Å². The average molecular weight is 236 g/mol. The van der Waals surface area contributed by atoms with Crippen molar-refractivity contribution >= 4 is 5.91 Å². The standard InChI is InChI=1S/C13H20N2O2/c1-9(2)8-15-6-4-10-5-7-17-12(10)11(14-3)13(15)16/h5,7,9,11,14H,4,6,8H2,1-3H3. The Labute approximate surface area is 102 Å². The lowest BCUT2D eigenvalue weighted by atomic mass is 10.1. The molecule has 1 atom stereocenters. The topological polar surface area (TPSA) is 45.5 Å². The van der Waals surface area contributed by atoms with Gasteiger partial charge in [-0.1, -0.05) is 13.8 Å². The Morgan fingerprint density at radius 1 is 1.59 bits per heavy atom. The van der Waals surface area contributed by atoms with Crippen LogP contribution in [0.3, 0.4) is 0 Å². The van der Waals surface area contributed by atoms with E-state index >= 15 is 0 Å². The van der Waals surface area contributed by atoms with Gasteiger partial charge in [0.15, 0.2) is 0 Å². The van der Waals surface area contributed by atoms with E-state index in [1.54, 1.807) is 13.3 Å². The highest BCUT2D eigenvalue weighted by atomic mass is 16.3. The maximum absolute atomic E-state index is 12.4. The number of hydrogen-bond donors (Lipinski definition) is 1. The number of rotatable bonds is 3. The molecule has 1 aliphatic rings. The number of amides is 1. The van der Waals surface area contributed by atoms with E-state index in [1.165, 1.54) is 0 Å². The van der Waals surface area contributed by atoms with Crippen molar-refractivity contribution in [3.8, 4) is 0 Å². The predicted octanol–water partition coefficient (Wildman–Crippen LogP) is 1.58. The first-order valence-corrected chi connectivity index (χ1v) is 6.15. The molecule has 0 radical (unpaired) electrons. The van der Waals surface area contributed by atoms with Gasteiger partial charge in [0.25, 0.3) is 0 Å². The molecular formula is C13H20N2O2. The molecule has 0 aromatic carbocycles.